The van der Waals surface area contributed by atoms with Crippen molar-refractivity contribution in [3.63, 3.8) is 0 Å². The summed E-state index contributed by atoms with van der Waals surface area (Å²) in [6.07, 6.45) is 0. The Hall–Kier alpha value is -1.94. The minimum absolute atomic E-state index is 0.445. The molecule has 3 aromatic rings. The Bertz CT molecular complexity index is 848. The normalized spacial score (nSPS) is 12.7. The van der Waals surface area contributed by atoms with Crippen LogP contribution in [0.15, 0.2) is 54.6 Å². The summed E-state index contributed by atoms with van der Waals surface area (Å²) in [6, 6.07) is 18.9. The Kier molecular flexibility index (Phi) is 5.69. The Morgan fingerprint density at radius 3 is 2.60 bits per heavy atom. The Morgan fingerprint density at radius 2 is 1.88 bits per heavy atom. The van der Waals surface area contributed by atoms with Crippen LogP contribution < -0.4 is 5.32 Å². The number of halogens is 1. The zero-order valence-corrected chi connectivity index (χ0v) is 15.7. The van der Waals surface area contributed by atoms with E-state index in [4.69, 9.17) is 16.6 Å². The second-order valence-corrected chi connectivity index (χ2v) is 7.02. The van der Waals surface area contributed by atoms with E-state index in [-0.39, 0.29) is 0 Å². The largest absolute Gasteiger partial charge is 0.316 e. The first-order valence-corrected chi connectivity index (χ1v) is 8.95. The summed E-state index contributed by atoms with van der Waals surface area (Å²) in [7, 11) is 4.15. The molecule has 4 heteroatoms. The summed E-state index contributed by atoms with van der Waals surface area (Å²) < 4.78 is 0. The van der Waals surface area contributed by atoms with E-state index in [2.05, 4.69) is 48.5 Å². The van der Waals surface area contributed by atoms with Gasteiger partial charge in [-0.1, -0.05) is 48.0 Å². The third kappa shape index (κ3) is 4.37. The Morgan fingerprint density at radius 1 is 1.12 bits per heavy atom. The number of likely N-dealkylation sites (N-methyl/N-ethyl adjacent to an activating group) is 2. The van der Waals surface area contributed by atoms with E-state index in [1.165, 1.54) is 5.56 Å². The molecule has 0 saturated carbocycles. The fourth-order valence-corrected chi connectivity index (χ4v) is 3.24. The number of nitrogens with one attached hydrogen (secondary N) is 1. The minimum atomic E-state index is 0.445. The van der Waals surface area contributed by atoms with Crippen molar-refractivity contribution in [3.05, 3.63) is 65.2 Å². The molecule has 2 aromatic carbocycles. The SMILES string of the molecule is CNC(C)CN(C)Cc1cc(-c2ccccc2)nc2cc(Cl)ccc12. The number of aromatic nitrogens is 1. The molecule has 1 unspecified atom stereocenters. The smallest absolute Gasteiger partial charge is 0.0727 e. The van der Waals surface area contributed by atoms with Gasteiger partial charge in [-0.05, 0) is 44.8 Å². The number of hydrogen-bond donors (Lipinski definition) is 1. The summed E-state index contributed by atoms with van der Waals surface area (Å²) in [4.78, 5) is 7.17. The highest BCUT2D eigenvalue weighted by Gasteiger charge is 2.11. The lowest BCUT2D eigenvalue weighted by Crippen LogP contribution is -2.35. The van der Waals surface area contributed by atoms with Gasteiger partial charge in [0.15, 0.2) is 0 Å². The van der Waals surface area contributed by atoms with Crippen LogP contribution in [0.5, 0.6) is 0 Å². The zero-order valence-electron chi connectivity index (χ0n) is 15.0. The maximum Gasteiger partial charge on any atom is 0.0727 e. The summed E-state index contributed by atoms with van der Waals surface area (Å²) in [5.74, 6) is 0. The van der Waals surface area contributed by atoms with Gasteiger partial charge >= 0.3 is 0 Å². The van der Waals surface area contributed by atoms with Crippen molar-refractivity contribution in [2.45, 2.75) is 19.5 Å². The average Bonchev–Trinajstić information content (AvgIpc) is 2.61. The monoisotopic (exact) mass is 353 g/mol. The summed E-state index contributed by atoms with van der Waals surface area (Å²) >= 11 is 6.20. The maximum atomic E-state index is 6.20. The zero-order chi connectivity index (χ0) is 17.8. The van der Waals surface area contributed by atoms with Crippen LogP contribution in [0.3, 0.4) is 0 Å². The van der Waals surface area contributed by atoms with Gasteiger partial charge in [0.05, 0.1) is 11.2 Å². The first-order valence-electron chi connectivity index (χ1n) is 8.57. The second-order valence-electron chi connectivity index (χ2n) is 6.58. The molecule has 130 valence electrons. The number of hydrogen-bond acceptors (Lipinski definition) is 3. The molecule has 1 atom stereocenters. The van der Waals surface area contributed by atoms with E-state index in [0.29, 0.717) is 11.1 Å². The van der Waals surface area contributed by atoms with Gasteiger partial charge in [-0.2, -0.15) is 0 Å². The van der Waals surface area contributed by atoms with Crippen LogP contribution in [-0.4, -0.2) is 36.6 Å². The number of fused-ring (bicyclic) bond motifs is 1. The molecule has 0 fully saturated rings. The van der Waals surface area contributed by atoms with Crippen LogP contribution in [-0.2, 0) is 6.54 Å². The Balaban J connectivity index is 2.03. The molecule has 3 rings (SSSR count). The molecular formula is C21H24ClN3. The van der Waals surface area contributed by atoms with E-state index in [1.54, 1.807) is 0 Å². The van der Waals surface area contributed by atoms with Gasteiger partial charge in [-0.3, -0.25) is 0 Å². The lowest BCUT2D eigenvalue weighted by Gasteiger charge is -2.22. The molecule has 0 aliphatic rings. The summed E-state index contributed by atoms with van der Waals surface area (Å²) in [6.45, 7) is 4.04. The van der Waals surface area contributed by atoms with Crippen molar-refractivity contribution in [1.29, 1.82) is 0 Å². The molecule has 0 bridgehead atoms. The van der Waals surface area contributed by atoms with Crippen molar-refractivity contribution in [2.75, 3.05) is 20.6 Å². The lowest BCUT2D eigenvalue weighted by atomic mass is 10.0. The second kappa shape index (κ2) is 7.96. The molecule has 0 saturated heterocycles. The summed E-state index contributed by atoms with van der Waals surface area (Å²) in [5.41, 5.74) is 4.32. The van der Waals surface area contributed by atoms with E-state index in [0.717, 1.165) is 35.2 Å². The fourth-order valence-electron chi connectivity index (χ4n) is 3.08. The predicted octanol–water partition coefficient (Wildman–Crippen LogP) is 4.59. The number of pyridine rings is 1. The number of rotatable bonds is 6. The van der Waals surface area contributed by atoms with Crippen LogP contribution in [0.1, 0.15) is 12.5 Å². The maximum absolute atomic E-state index is 6.20. The van der Waals surface area contributed by atoms with Crippen molar-refractivity contribution in [1.82, 2.24) is 15.2 Å². The van der Waals surface area contributed by atoms with Crippen LogP contribution >= 0.6 is 11.6 Å². The quantitative estimate of drug-likeness (QED) is 0.702. The molecule has 1 heterocycles. The first kappa shape index (κ1) is 17.9. The van der Waals surface area contributed by atoms with Crippen LogP contribution in [0.25, 0.3) is 22.2 Å². The lowest BCUT2D eigenvalue weighted by molar-refractivity contribution is 0.296. The summed E-state index contributed by atoms with van der Waals surface area (Å²) in [5, 5.41) is 5.17. The van der Waals surface area contributed by atoms with Gasteiger partial charge in [0, 0.05) is 35.1 Å². The highest BCUT2D eigenvalue weighted by atomic mass is 35.5. The van der Waals surface area contributed by atoms with Crippen molar-refractivity contribution < 1.29 is 0 Å². The fraction of sp³-hybridized carbons (Fsp3) is 0.286. The average molecular weight is 354 g/mol. The van der Waals surface area contributed by atoms with Gasteiger partial charge in [-0.25, -0.2) is 4.98 Å². The molecule has 0 amide bonds. The highest BCUT2D eigenvalue weighted by Crippen LogP contribution is 2.27. The van der Waals surface area contributed by atoms with Gasteiger partial charge in [-0.15, -0.1) is 0 Å². The predicted molar refractivity (Wildman–Crippen MR) is 107 cm³/mol. The Labute approximate surface area is 154 Å². The van der Waals surface area contributed by atoms with E-state index < -0.39 is 0 Å². The number of nitrogens with zero attached hydrogens (tertiary/aromatic N) is 2. The van der Waals surface area contributed by atoms with Gasteiger partial charge < -0.3 is 10.2 Å². The molecule has 1 N–H and O–H groups in total. The van der Waals surface area contributed by atoms with Gasteiger partial charge in [0.2, 0.25) is 0 Å². The van der Waals surface area contributed by atoms with Gasteiger partial charge in [0.1, 0.15) is 0 Å². The highest BCUT2D eigenvalue weighted by molar-refractivity contribution is 6.31. The van der Waals surface area contributed by atoms with E-state index in [9.17, 15) is 0 Å². The molecule has 1 aromatic heterocycles. The van der Waals surface area contributed by atoms with Crippen molar-refractivity contribution in [2.24, 2.45) is 0 Å². The molecule has 0 aliphatic carbocycles. The molecule has 0 aliphatic heterocycles. The van der Waals surface area contributed by atoms with E-state index in [1.807, 2.05) is 37.4 Å². The molecule has 3 nitrogen and oxygen atoms in total. The van der Waals surface area contributed by atoms with E-state index >= 15 is 0 Å². The third-order valence-corrected chi connectivity index (χ3v) is 4.68. The van der Waals surface area contributed by atoms with Crippen LogP contribution in [0, 0.1) is 0 Å². The van der Waals surface area contributed by atoms with Crippen LogP contribution in [0.2, 0.25) is 5.02 Å². The standard InChI is InChI=1S/C21H24ClN3/c1-15(23-2)13-25(3)14-17-11-20(16-7-5-4-6-8-16)24-21-12-18(22)9-10-19(17)21/h4-12,15,23H,13-14H2,1-3H3. The molecule has 25 heavy (non-hydrogen) atoms. The van der Waals surface area contributed by atoms with Crippen LogP contribution in [0.4, 0.5) is 0 Å². The minimum Gasteiger partial charge on any atom is -0.316 e. The topological polar surface area (TPSA) is 28.2 Å². The van der Waals surface area contributed by atoms with Crippen molar-refractivity contribution in [3.8, 4) is 11.3 Å². The van der Waals surface area contributed by atoms with Crippen molar-refractivity contribution >= 4 is 22.5 Å². The van der Waals surface area contributed by atoms with Gasteiger partial charge in [0.25, 0.3) is 0 Å². The molecular weight excluding hydrogens is 330 g/mol. The number of benzene rings is 2. The first-order chi connectivity index (χ1) is 12.1. The third-order valence-electron chi connectivity index (χ3n) is 4.45. The molecule has 0 radical (unpaired) electrons. The molecule has 0 spiro atoms.